The maximum absolute atomic E-state index is 14.2. The second kappa shape index (κ2) is 11.0. The van der Waals surface area contributed by atoms with Crippen LogP contribution in [-0.4, -0.2) is 71.7 Å². The zero-order valence-corrected chi connectivity index (χ0v) is 22.4. The predicted molar refractivity (Wildman–Crippen MR) is 149 cm³/mol. The van der Waals surface area contributed by atoms with Gasteiger partial charge in [-0.25, -0.2) is 28.1 Å². The summed E-state index contributed by atoms with van der Waals surface area (Å²) in [6.07, 6.45) is -0.169. The van der Waals surface area contributed by atoms with Crippen LogP contribution in [0.15, 0.2) is 87.2 Å². The second-order valence-corrected chi connectivity index (χ2v) is 10.1. The van der Waals surface area contributed by atoms with E-state index < -0.39 is 17.1 Å². The molecule has 3 atom stereocenters. The minimum atomic E-state index is -0.886. The summed E-state index contributed by atoms with van der Waals surface area (Å²) in [4.78, 5) is 42.6. The highest BCUT2D eigenvalue weighted by atomic mass is 16.6. The normalized spacial score (nSPS) is 20.1. The van der Waals surface area contributed by atoms with Gasteiger partial charge in [0.15, 0.2) is 0 Å². The highest BCUT2D eigenvalue weighted by molar-refractivity contribution is 5.51. The van der Waals surface area contributed by atoms with Crippen LogP contribution in [0.2, 0.25) is 0 Å². The van der Waals surface area contributed by atoms with Crippen LogP contribution in [0.1, 0.15) is 0 Å². The summed E-state index contributed by atoms with van der Waals surface area (Å²) in [5, 5.41) is 0. The fraction of sp³-hybridized carbons (Fsp3) is 0.300. The quantitative estimate of drug-likeness (QED) is 0.231. The molecule has 0 aliphatic carbocycles. The van der Waals surface area contributed by atoms with Gasteiger partial charge in [0.05, 0.1) is 36.9 Å². The number of hydrogen-bond acceptors (Lipinski definition) is 9. The molecule has 0 bridgehead atoms. The molecule has 3 aromatic carbocycles. The van der Waals surface area contributed by atoms with E-state index >= 15 is 0 Å². The summed E-state index contributed by atoms with van der Waals surface area (Å²) < 4.78 is 36.4. The molecule has 3 aliphatic rings. The summed E-state index contributed by atoms with van der Waals surface area (Å²) in [5.74, 6) is 0.861. The molecule has 4 aromatic rings. The van der Waals surface area contributed by atoms with Gasteiger partial charge >= 0.3 is 17.1 Å². The Balaban J connectivity index is 1.45. The molecule has 0 N–H and O–H groups in total. The first-order valence-corrected chi connectivity index (χ1v) is 13.6. The molecular weight excluding hydrogens is 546 g/mol. The molecule has 0 amide bonds. The molecule has 42 heavy (non-hydrogen) atoms. The van der Waals surface area contributed by atoms with E-state index in [1.165, 1.54) is 0 Å². The molecule has 3 aliphatic heterocycles. The summed E-state index contributed by atoms with van der Waals surface area (Å²) in [7, 11) is 0. The molecule has 3 fully saturated rings. The number of aromatic nitrogens is 3. The predicted octanol–water partition coefficient (Wildman–Crippen LogP) is 1.47. The van der Waals surface area contributed by atoms with Crippen LogP contribution in [0.5, 0.6) is 17.2 Å². The van der Waals surface area contributed by atoms with Crippen LogP contribution in [0.25, 0.3) is 17.1 Å². The molecule has 3 unspecified atom stereocenters. The van der Waals surface area contributed by atoms with Crippen molar-refractivity contribution in [3.63, 3.8) is 0 Å². The fourth-order valence-electron chi connectivity index (χ4n) is 4.50. The Hall–Kier alpha value is -4.65. The van der Waals surface area contributed by atoms with E-state index in [4.69, 9.17) is 28.4 Å². The third-order valence-corrected chi connectivity index (χ3v) is 6.95. The van der Waals surface area contributed by atoms with Crippen molar-refractivity contribution in [2.24, 2.45) is 0 Å². The van der Waals surface area contributed by atoms with Crippen molar-refractivity contribution in [3.8, 4) is 34.3 Å². The van der Waals surface area contributed by atoms with Gasteiger partial charge in [-0.2, -0.15) is 0 Å². The minimum Gasteiger partial charge on any atom is -0.489 e. The fourth-order valence-corrected chi connectivity index (χ4v) is 4.50. The lowest BCUT2D eigenvalue weighted by molar-refractivity contribution is 0.260. The first kappa shape index (κ1) is 26.3. The standard InChI is InChI=1S/C30H27N3O9/c34-28-31(22-7-1-4-10-25(22)40-16-19-13-37-19)29(35)33(24-9-3-6-12-27(24)42-18-21-15-39-21)30(36)32(28)23-8-2-5-11-26(23)41-17-20-14-38-20/h1-12,19-21H,13-18H2. The summed E-state index contributed by atoms with van der Waals surface area (Å²) in [6.45, 7) is 2.47. The average molecular weight is 574 g/mol. The van der Waals surface area contributed by atoms with Gasteiger partial charge in [0.25, 0.3) is 0 Å². The van der Waals surface area contributed by atoms with Gasteiger partial charge in [0.1, 0.15) is 55.4 Å². The van der Waals surface area contributed by atoms with Crippen LogP contribution in [-0.2, 0) is 14.2 Å². The SMILES string of the molecule is O=c1n(-c2ccccc2OCC2CO2)c(=O)n(-c2ccccc2OCC2CO2)c(=O)n1-c1ccccc1OCC1CO1. The van der Waals surface area contributed by atoms with Gasteiger partial charge in [-0.05, 0) is 36.4 Å². The highest BCUT2D eigenvalue weighted by Gasteiger charge is 2.28. The van der Waals surface area contributed by atoms with E-state index in [9.17, 15) is 14.4 Å². The maximum atomic E-state index is 14.2. The number of ether oxygens (including phenoxy) is 6. The van der Waals surface area contributed by atoms with Gasteiger partial charge in [-0.3, -0.25) is 0 Å². The zero-order valence-electron chi connectivity index (χ0n) is 22.4. The molecule has 3 saturated heterocycles. The van der Waals surface area contributed by atoms with E-state index in [0.717, 1.165) is 13.7 Å². The Morgan fingerprint density at radius 1 is 0.500 bits per heavy atom. The molecule has 0 spiro atoms. The monoisotopic (exact) mass is 573 g/mol. The number of epoxide rings is 3. The Kier molecular flexibility index (Phi) is 6.86. The number of hydrogen-bond donors (Lipinski definition) is 0. The summed E-state index contributed by atoms with van der Waals surface area (Å²) >= 11 is 0. The van der Waals surface area contributed by atoms with Crippen LogP contribution < -0.4 is 31.3 Å². The smallest absolute Gasteiger partial charge is 0.345 e. The van der Waals surface area contributed by atoms with E-state index in [0.29, 0.717) is 19.8 Å². The second-order valence-electron chi connectivity index (χ2n) is 10.1. The summed E-state index contributed by atoms with van der Waals surface area (Å²) in [6, 6.07) is 20.0. The van der Waals surface area contributed by atoms with Crippen LogP contribution in [0.3, 0.4) is 0 Å². The number of rotatable bonds is 12. The van der Waals surface area contributed by atoms with Crippen molar-refractivity contribution >= 4 is 0 Å². The first-order valence-electron chi connectivity index (χ1n) is 13.6. The maximum Gasteiger partial charge on any atom is 0.345 e. The molecule has 1 aromatic heterocycles. The zero-order chi connectivity index (χ0) is 28.6. The van der Waals surface area contributed by atoms with Crippen molar-refractivity contribution in [2.45, 2.75) is 18.3 Å². The molecule has 0 radical (unpaired) electrons. The minimum absolute atomic E-state index is 0.0562. The topological polar surface area (TPSA) is 131 Å². The molecule has 216 valence electrons. The largest absolute Gasteiger partial charge is 0.489 e. The Bertz CT molecular complexity index is 1560. The molecule has 7 rings (SSSR count). The van der Waals surface area contributed by atoms with Crippen molar-refractivity contribution in [1.82, 2.24) is 13.7 Å². The van der Waals surface area contributed by atoms with Gasteiger partial charge in [-0.15, -0.1) is 0 Å². The van der Waals surface area contributed by atoms with E-state index in [-0.39, 0.29) is 72.4 Å². The Morgan fingerprint density at radius 3 is 1.02 bits per heavy atom. The Morgan fingerprint density at radius 2 is 0.762 bits per heavy atom. The van der Waals surface area contributed by atoms with E-state index in [2.05, 4.69) is 0 Å². The van der Waals surface area contributed by atoms with Crippen molar-refractivity contribution < 1.29 is 28.4 Å². The highest BCUT2D eigenvalue weighted by Crippen LogP contribution is 2.26. The third-order valence-electron chi connectivity index (χ3n) is 6.95. The van der Waals surface area contributed by atoms with Crippen molar-refractivity contribution in [1.29, 1.82) is 0 Å². The lowest BCUT2D eigenvalue weighted by atomic mass is 10.2. The van der Waals surface area contributed by atoms with Crippen molar-refractivity contribution in [3.05, 3.63) is 104 Å². The van der Waals surface area contributed by atoms with Crippen LogP contribution in [0.4, 0.5) is 0 Å². The number of benzene rings is 3. The number of para-hydroxylation sites is 6. The molecule has 4 heterocycles. The van der Waals surface area contributed by atoms with Gasteiger partial charge in [-0.1, -0.05) is 36.4 Å². The van der Waals surface area contributed by atoms with Gasteiger partial charge < -0.3 is 28.4 Å². The van der Waals surface area contributed by atoms with Gasteiger partial charge in [0.2, 0.25) is 0 Å². The Labute approximate surface area is 238 Å². The number of nitrogens with zero attached hydrogens (tertiary/aromatic N) is 3. The van der Waals surface area contributed by atoms with Crippen molar-refractivity contribution in [2.75, 3.05) is 39.6 Å². The van der Waals surface area contributed by atoms with Gasteiger partial charge in [0, 0.05) is 0 Å². The molecule has 12 heteroatoms. The van der Waals surface area contributed by atoms with Crippen LogP contribution >= 0.6 is 0 Å². The summed E-state index contributed by atoms with van der Waals surface area (Å²) in [5.41, 5.74) is -2.14. The van der Waals surface area contributed by atoms with E-state index in [1.807, 2.05) is 0 Å². The molecule has 12 nitrogen and oxygen atoms in total. The molecular formula is C30H27N3O9. The van der Waals surface area contributed by atoms with E-state index in [1.54, 1.807) is 72.8 Å². The third kappa shape index (κ3) is 5.34. The lowest BCUT2D eigenvalue weighted by Crippen LogP contribution is -2.53. The average Bonchev–Trinajstić information content (AvgIpc) is 3.86. The lowest BCUT2D eigenvalue weighted by Gasteiger charge is -2.19. The molecule has 0 saturated carbocycles. The first-order chi connectivity index (χ1) is 20.6. The van der Waals surface area contributed by atoms with Crippen LogP contribution in [0, 0.1) is 0 Å².